The molecule has 3 aliphatic rings. The number of halogens is 1. The Kier molecular flexibility index (Phi) is 8.16. The van der Waals surface area contributed by atoms with Gasteiger partial charge in [0.05, 0.1) is 18.3 Å². The summed E-state index contributed by atoms with van der Waals surface area (Å²) in [7, 11) is 0. The number of rotatable bonds is 9. The number of oxime groups is 1. The molecule has 1 aromatic rings. The van der Waals surface area contributed by atoms with Gasteiger partial charge in [-0.25, -0.2) is 0 Å². The van der Waals surface area contributed by atoms with Crippen LogP contribution in [0.4, 0.5) is 0 Å². The summed E-state index contributed by atoms with van der Waals surface area (Å²) in [4.78, 5) is 59.8. The lowest BCUT2D eigenvalue weighted by atomic mass is 9.91. The molecule has 3 amide bonds. The monoisotopic (exact) mass is 544 g/mol. The summed E-state index contributed by atoms with van der Waals surface area (Å²) in [5.74, 6) is -1.96. The predicted octanol–water partition coefficient (Wildman–Crippen LogP) is 3.37. The van der Waals surface area contributed by atoms with Crippen LogP contribution in [0.2, 0.25) is 5.02 Å². The third-order valence-corrected chi connectivity index (χ3v) is 7.28. The van der Waals surface area contributed by atoms with Crippen molar-refractivity contribution in [2.45, 2.75) is 96.4 Å². The number of nitrogens with one attached hydrogen (secondary N) is 2. The zero-order chi connectivity index (χ0) is 27.7. The molecule has 4 rings (SSSR count). The van der Waals surface area contributed by atoms with Gasteiger partial charge in [-0.15, -0.1) is 0 Å². The van der Waals surface area contributed by atoms with Crippen LogP contribution < -0.4 is 10.6 Å². The summed E-state index contributed by atoms with van der Waals surface area (Å²) in [5.41, 5.74) is 0.382. The van der Waals surface area contributed by atoms with Crippen LogP contribution in [-0.4, -0.2) is 64.4 Å². The maximum atomic E-state index is 13.6. The molecule has 1 spiro atoms. The van der Waals surface area contributed by atoms with Crippen molar-refractivity contribution in [1.29, 1.82) is 0 Å². The molecule has 0 radical (unpaired) electrons. The van der Waals surface area contributed by atoms with Crippen molar-refractivity contribution in [2.75, 3.05) is 6.54 Å². The Bertz CT molecular complexity index is 1140. The standard InChI is InChI=1S/C28H37ClN4O5/c1-5-7-20(24(35)26(37)30-19-10-11-19)31-25(36)22-14-28(16-33(22)23(34)15-27(2,3)4)13-21(32-38-28)17-8-6-9-18(29)12-17/h6,8-9,12,19-20,22H,5,7,10-11,13-16H2,1-4H3,(H,30,37)(H,31,36)/t20-,22-,28+/m0/s1. The van der Waals surface area contributed by atoms with Crippen LogP contribution >= 0.6 is 11.6 Å². The molecule has 0 unspecified atom stereocenters. The van der Waals surface area contributed by atoms with E-state index in [0.717, 1.165) is 18.4 Å². The number of carbonyl (C=O) groups excluding carboxylic acids is 4. The molecule has 1 saturated carbocycles. The Hall–Kier alpha value is -2.94. The number of amides is 3. The summed E-state index contributed by atoms with van der Waals surface area (Å²) in [6.45, 7) is 7.98. The Morgan fingerprint density at radius 3 is 2.61 bits per heavy atom. The van der Waals surface area contributed by atoms with Crippen molar-refractivity contribution < 1.29 is 24.0 Å². The fourth-order valence-corrected chi connectivity index (χ4v) is 5.20. The van der Waals surface area contributed by atoms with Gasteiger partial charge >= 0.3 is 0 Å². The van der Waals surface area contributed by atoms with Gasteiger partial charge in [0.15, 0.2) is 5.60 Å². The first-order valence-corrected chi connectivity index (χ1v) is 13.7. The van der Waals surface area contributed by atoms with E-state index in [4.69, 9.17) is 16.4 Å². The Balaban J connectivity index is 1.52. The smallest absolute Gasteiger partial charge is 0.289 e. The molecule has 0 bridgehead atoms. The SMILES string of the molecule is CCC[C@H](NC(=O)[C@@H]1C[C@]2(CC(c3cccc(Cl)c3)=NO2)CN1C(=O)CC(C)(C)C)C(=O)C(=O)NC1CC1. The summed E-state index contributed by atoms with van der Waals surface area (Å²) >= 11 is 6.16. The second kappa shape index (κ2) is 11.0. The lowest BCUT2D eigenvalue weighted by molar-refractivity contribution is -0.143. The van der Waals surface area contributed by atoms with Gasteiger partial charge in [0.1, 0.15) is 6.04 Å². The second-order valence-corrected chi connectivity index (χ2v) is 12.4. The molecule has 38 heavy (non-hydrogen) atoms. The molecule has 2 N–H and O–H groups in total. The first kappa shape index (κ1) is 28.1. The second-order valence-electron chi connectivity index (χ2n) is 11.9. The zero-order valence-corrected chi connectivity index (χ0v) is 23.3. The average molecular weight is 545 g/mol. The summed E-state index contributed by atoms with van der Waals surface area (Å²) < 4.78 is 0. The number of Topliss-reactive ketones (excluding diaryl/α,β-unsaturated/α-hetero) is 1. The van der Waals surface area contributed by atoms with Gasteiger partial charge in [0.2, 0.25) is 17.6 Å². The zero-order valence-electron chi connectivity index (χ0n) is 22.5. The Labute approximate surface area is 228 Å². The largest absolute Gasteiger partial charge is 0.387 e. The molecular formula is C28H37ClN4O5. The van der Waals surface area contributed by atoms with Crippen molar-refractivity contribution in [3.63, 3.8) is 0 Å². The average Bonchev–Trinajstić information content (AvgIpc) is 3.43. The minimum atomic E-state index is -0.954. The predicted molar refractivity (Wildman–Crippen MR) is 144 cm³/mol. The third kappa shape index (κ3) is 6.73. The molecule has 1 aromatic carbocycles. The molecule has 2 heterocycles. The van der Waals surface area contributed by atoms with Crippen molar-refractivity contribution in [2.24, 2.45) is 10.6 Å². The van der Waals surface area contributed by atoms with Crippen LogP contribution in [0, 0.1) is 5.41 Å². The van der Waals surface area contributed by atoms with E-state index in [9.17, 15) is 19.2 Å². The number of hydrogen-bond acceptors (Lipinski definition) is 6. The van der Waals surface area contributed by atoms with E-state index in [1.54, 1.807) is 17.0 Å². The van der Waals surface area contributed by atoms with E-state index in [0.29, 0.717) is 30.0 Å². The molecule has 10 heteroatoms. The fourth-order valence-electron chi connectivity index (χ4n) is 5.01. The molecule has 9 nitrogen and oxygen atoms in total. The lowest BCUT2D eigenvalue weighted by Gasteiger charge is -2.28. The minimum Gasteiger partial charge on any atom is -0.387 e. The van der Waals surface area contributed by atoms with Gasteiger partial charge in [-0.2, -0.15) is 0 Å². The van der Waals surface area contributed by atoms with E-state index in [2.05, 4.69) is 15.8 Å². The number of benzene rings is 1. The fraction of sp³-hybridized carbons (Fsp3) is 0.607. The molecule has 3 atom stereocenters. The van der Waals surface area contributed by atoms with E-state index in [1.165, 1.54) is 0 Å². The van der Waals surface area contributed by atoms with E-state index in [-0.39, 0.29) is 36.8 Å². The number of likely N-dealkylation sites (tertiary alicyclic amines) is 1. The number of ketones is 1. The number of nitrogens with zero attached hydrogens (tertiary/aromatic N) is 2. The summed E-state index contributed by atoms with van der Waals surface area (Å²) in [6, 6.07) is 5.54. The third-order valence-electron chi connectivity index (χ3n) is 7.05. The molecular weight excluding hydrogens is 508 g/mol. The molecule has 1 saturated heterocycles. The van der Waals surface area contributed by atoms with Crippen molar-refractivity contribution in [3.05, 3.63) is 34.9 Å². The van der Waals surface area contributed by atoms with E-state index in [1.807, 2.05) is 39.8 Å². The maximum Gasteiger partial charge on any atom is 0.289 e. The first-order chi connectivity index (χ1) is 17.9. The normalized spacial score (nSPS) is 23.6. The van der Waals surface area contributed by atoms with Crippen LogP contribution in [0.1, 0.15) is 78.2 Å². The van der Waals surface area contributed by atoms with Gasteiger partial charge < -0.3 is 20.4 Å². The van der Waals surface area contributed by atoms with Crippen LogP contribution in [0.15, 0.2) is 29.4 Å². The summed E-state index contributed by atoms with van der Waals surface area (Å²) in [6.07, 6.45) is 3.54. The van der Waals surface area contributed by atoms with Crippen molar-refractivity contribution in [1.82, 2.24) is 15.5 Å². The number of carbonyl (C=O) groups is 4. The molecule has 2 fully saturated rings. The molecule has 1 aliphatic carbocycles. The van der Waals surface area contributed by atoms with Gasteiger partial charge in [0, 0.05) is 35.9 Å². The van der Waals surface area contributed by atoms with Gasteiger partial charge in [-0.1, -0.05) is 63.0 Å². The highest BCUT2D eigenvalue weighted by molar-refractivity contribution is 6.38. The van der Waals surface area contributed by atoms with Crippen molar-refractivity contribution >= 4 is 40.8 Å². The van der Waals surface area contributed by atoms with Crippen molar-refractivity contribution in [3.8, 4) is 0 Å². The quantitative estimate of drug-likeness (QED) is 0.462. The Morgan fingerprint density at radius 2 is 1.97 bits per heavy atom. The van der Waals surface area contributed by atoms with Gasteiger partial charge in [0.25, 0.3) is 5.91 Å². The molecule has 2 aliphatic heterocycles. The summed E-state index contributed by atoms with van der Waals surface area (Å²) in [5, 5.41) is 10.4. The first-order valence-electron chi connectivity index (χ1n) is 13.4. The topological polar surface area (TPSA) is 117 Å². The van der Waals surface area contributed by atoms with Gasteiger partial charge in [-0.05, 0) is 36.8 Å². The highest BCUT2D eigenvalue weighted by Crippen LogP contribution is 2.40. The highest BCUT2D eigenvalue weighted by atomic mass is 35.5. The van der Waals surface area contributed by atoms with Crippen LogP contribution in [0.5, 0.6) is 0 Å². The lowest BCUT2D eigenvalue weighted by Crippen LogP contribution is -2.53. The highest BCUT2D eigenvalue weighted by Gasteiger charge is 2.54. The molecule has 206 valence electrons. The van der Waals surface area contributed by atoms with Crippen LogP contribution in [0.25, 0.3) is 0 Å². The van der Waals surface area contributed by atoms with Crippen LogP contribution in [0.3, 0.4) is 0 Å². The van der Waals surface area contributed by atoms with E-state index < -0.39 is 35.3 Å². The number of hydrogen-bond donors (Lipinski definition) is 2. The van der Waals surface area contributed by atoms with Gasteiger partial charge in [-0.3, -0.25) is 19.2 Å². The minimum absolute atomic E-state index is 0.0397. The maximum absolute atomic E-state index is 13.6. The van der Waals surface area contributed by atoms with Crippen LogP contribution in [-0.2, 0) is 24.0 Å². The molecule has 0 aromatic heterocycles. The van der Waals surface area contributed by atoms with E-state index >= 15 is 0 Å². The Morgan fingerprint density at radius 1 is 1.24 bits per heavy atom.